The third-order valence-electron chi connectivity index (χ3n) is 4.40. The second-order valence-electron chi connectivity index (χ2n) is 6.64. The first kappa shape index (κ1) is 15.1. The SMILES string of the molecule is CC1(C)CC(Nc2ccccc2S(C)(=O)=O)c2ccccc21. The van der Waals surface area contributed by atoms with Gasteiger partial charge in [-0.2, -0.15) is 0 Å². The zero-order valence-electron chi connectivity index (χ0n) is 13.1. The normalized spacial score (nSPS) is 19.7. The topological polar surface area (TPSA) is 46.2 Å². The van der Waals surface area contributed by atoms with E-state index in [1.807, 2.05) is 18.2 Å². The Morgan fingerprint density at radius 1 is 1.05 bits per heavy atom. The second kappa shape index (κ2) is 5.13. The predicted molar refractivity (Wildman–Crippen MR) is 90.0 cm³/mol. The lowest BCUT2D eigenvalue weighted by Gasteiger charge is -2.21. The van der Waals surface area contributed by atoms with Gasteiger partial charge >= 0.3 is 0 Å². The number of hydrogen-bond acceptors (Lipinski definition) is 3. The fourth-order valence-electron chi connectivity index (χ4n) is 3.37. The third kappa shape index (κ3) is 2.63. The molecular weight excluding hydrogens is 294 g/mol. The molecule has 0 aromatic heterocycles. The maximum Gasteiger partial charge on any atom is 0.177 e. The molecule has 0 heterocycles. The number of hydrogen-bond donors (Lipinski definition) is 1. The average molecular weight is 315 g/mol. The number of sulfone groups is 1. The van der Waals surface area contributed by atoms with Crippen molar-refractivity contribution >= 4 is 15.5 Å². The molecule has 0 saturated heterocycles. The number of anilines is 1. The molecule has 0 spiro atoms. The van der Waals surface area contributed by atoms with E-state index in [9.17, 15) is 8.42 Å². The maximum atomic E-state index is 12.0. The van der Waals surface area contributed by atoms with Crippen molar-refractivity contribution in [1.29, 1.82) is 0 Å². The molecule has 2 aromatic carbocycles. The highest BCUT2D eigenvalue weighted by atomic mass is 32.2. The lowest BCUT2D eigenvalue weighted by Crippen LogP contribution is -2.15. The molecule has 4 heteroatoms. The number of para-hydroxylation sites is 1. The van der Waals surface area contributed by atoms with E-state index in [2.05, 4.69) is 37.4 Å². The fraction of sp³-hybridized carbons (Fsp3) is 0.333. The van der Waals surface area contributed by atoms with E-state index in [1.54, 1.807) is 12.1 Å². The number of benzene rings is 2. The summed E-state index contributed by atoms with van der Waals surface area (Å²) in [7, 11) is -3.24. The first-order chi connectivity index (χ1) is 10.3. The summed E-state index contributed by atoms with van der Waals surface area (Å²) in [6.45, 7) is 4.46. The van der Waals surface area contributed by atoms with Crippen LogP contribution in [0.2, 0.25) is 0 Å². The summed E-state index contributed by atoms with van der Waals surface area (Å²) in [5, 5.41) is 3.45. The highest BCUT2D eigenvalue weighted by Gasteiger charge is 2.36. The maximum absolute atomic E-state index is 12.0. The lowest BCUT2D eigenvalue weighted by atomic mass is 9.86. The molecule has 1 unspecified atom stereocenters. The van der Waals surface area contributed by atoms with Crippen LogP contribution in [0.5, 0.6) is 0 Å². The molecule has 3 nitrogen and oxygen atoms in total. The highest BCUT2D eigenvalue weighted by Crippen LogP contribution is 2.46. The lowest BCUT2D eigenvalue weighted by molar-refractivity contribution is 0.493. The first-order valence-electron chi connectivity index (χ1n) is 7.44. The minimum atomic E-state index is -3.24. The molecule has 22 heavy (non-hydrogen) atoms. The van der Waals surface area contributed by atoms with E-state index in [0.717, 1.165) is 6.42 Å². The summed E-state index contributed by atoms with van der Waals surface area (Å²) in [5.74, 6) is 0. The molecule has 116 valence electrons. The van der Waals surface area contributed by atoms with Crippen molar-refractivity contribution in [3.63, 3.8) is 0 Å². The molecule has 1 atom stereocenters. The second-order valence-corrected chi connectivity index (χ2v) is 8.62. The molecular formula is C18H21NO2S. The minimum Gasteiger partial charge on any atom is -0.377 e. The van der Waals surface area contributed by atoms with Crippen molar-refractivity contribution in [1.82, 2.24) is 0 Å². The van der Waals surface area contributed by atoms with E-state index in [-0.39, 0.29) is 11.5 Å². The van der Waals surface area contributed by atoms with Gasteiger partial charge in [-0.3, -0.25) is 0 Å². The smallest absolute Gasteiger partial charge is 0.177 e. The van der Waals surface area contributed by atoms with E-state index in [4.69, 9.17) is 0 Å². The fourth-order valence-corrected chi connectivity index (χ4v) is 4.23. The summed E-state index contributed by atoms with van der Waals surface area (Å²) >= 11 is 0. The van der Waals surface area contributed by atoms with Gasteiger partial charge in [-0.05, 0) is 35.1 Å². The molecule has 3 rings (SSSR count). The van der Waals surface area contributed by atoms with E-state index in [1.165, 1.54) is 17.4 Å². The monoisotopic (exact) mass is 315 g/mol. The van der Waals surface area contributed by atoms with E-state index >= 15 is 0 Å². The van der Waals surface area contributed by atoms with Gasteiger partial charge in [-0.1, -0.05) is 50.2 Å². The Balaban J connectivity index is 2.00. The number of rotatable bonds is 3. The Morgan fingerprint density at radius 3 is 2.41 bits per heavy atom. The van der Waals surface area contributed by atoms with Crippen molar-refractivity contribution in [2.75, 3.05) is 11.6 Å². The number of fused-ring (bicyclic) bond motifs is 1. The van der Waals surface area contributed by atoms with Crippen molar-refractivity contribution < 1.29 is 8.42 Å². The molecule has 0 aliphatic heterocycles. The van der Waals surface area contributed by atoms with Crippen LogP contribution in [-0.2, 0) is 15.3 Å². The molecule has 1 aliphatic rings. The zero-order valence-corrected chi connectivity index (χ0v) is 13.9. The van der Waals surface area contributed by atoms with Gasteiger partial charge in [0.2, 0.25) is 0 Å². The van der Waals surface area contributed by atoms with Crippen LogP contribution in [0.1, 0.15) is 37.4 Å². The Hall–Kier alpha value is -1.81. The first-order valence-corrected chi connectivity index (χ1v) is 9.33. The van der Waals surface area contributed by atoms with Gasteiger partial charge < -0.3 is 5.32 Å². The molecule has 0 bridgehead atoms. The zero-order chi connectivity index (χ0) is 16.0. The van der Waals surface area contributed by atoms with Crippen LogP contribution in [0.25, 0.3) is 0 Å². The van der Waals surface area contributed by atoms with E-state index in [0.29, 0.717) is 10.6 Å². The summed E-state index contributed by atoms with van der Waals surface area (Å²) in [6.07, 6.45) is 2.20. The van der Waals surface area contributed by atoms with Gasteiger partial charge in [-0.15, -0.1) is 0 Å². The van der Waals surface area contributed by atoms with Crippen LogP contribution < -0.4 is 5.32 Å². The van der Waals surface area contributed by atoms with Crippen molar-refractivity contribution in [2.45, 2.75) is 36.6 Å². The van der Waals surface area contributed by atoms with Crippen molar-refractivity contribution in [3.05, 3.63) is 59.7 Å². The Bertz CT molecular complexity index is 809. The molecule has 0 amide bonds. The van der Waals surface area contributed by atoms with Crippen LogP contribution in [0, 0.1) is 0 Å². The van der Waals surface area contributed by atoms with Gasteiger partial charge in [-0.25, -0.2) is 8.42 Å². The van der Waals surface area contributed by atoms with Gasteiger partial charge in [0, 0.05) is 6.26 Å². The Labute approximate surface area is 132 Å². The van der Waals surface area contributed by atoms with Crippen LogP contribution in [0.3, 0.4) is 0 Å². The van der Waals surface area contributed by atoms with Gasteiger partial charge in [0.05, 0.1) is 16.6 Å². The summed E-state index contributed by atoms with van der Waals surface area (Å²) < 4.78 is 23.9. The quantitative estimate of drug-likeness (QED) is 0.933. The molecule has 1 aliphatic carbocycles. The summed E-state index contributed by atoms with van der Waals surface area (Å²) in [5.41, 5.74) is 3.37. The molecule has 1 N–H and O–H groups in total. The van der Waals surface area contributed by atoms with Crippen molar-refractivity contribution in [3.8, 4) is 0 Å². The van der Waals surface area contributed by atoms with Gasteiger partial charge in [0.1, 0.15) is 0 Å². The largest absolute Gasteiger partial charge is 0.377 e. The molecule has 0 fully saturated rings. The summed E-state index contributed by atoms with van der Waals surface area (Å²) in [6, 6.07) is 15.6. The molecule has 2 aromatic rings. The van der Waals surface area contributed by atoms with Crippen LogP contribution in [0.15, 0.2) is 53.4 Å². The van der Waals surface area contributed by atoms with Crippen LogP contribution in [-0.4, -0.2) is 14.7 Å². The van der Waals surface area contributed by atoms with E-state index < -0.39 is 9.84 Å². The minimum absolute atomic E-state index is 0.0916. The summed E-state index contributed by atoms with van der Waals surface area (Å²) in [4.78, 5) is 0.359. The predicted octanol–water partition coefficient (Wildman–Crippen LogP) is 3.92. The van der Waals surface area contributed by atoms with Gasteiger partial charge in [0.25, 0.3) is 0 Å². The number of nitrogens with one attached hydrogen (secondary N) is 1. The van der Waals surface area contributed by atoms with Crippen LogP contribution >= 0.6 is 0 Å². The molecule has 0 saturated carbocycles. The standard InChI is InChI=1S/C18H21NO2S/c1-18(2)12-16(13-8-4-5-9-14(13)18)19-15-10-6-7-11-17(15)22(3,20)21/h4-11,16,19H,12H2,1-3H3. The Kier molecular flexibility index (Phi) is 3.52. The third-order valence-corrected chi connectivity index (χ3v) is 5.55. The van der Waals surface area contributed by atoms with Crippen LogP contribution in [0.4, 0.5) is 5.69 Å². The average Bonchev–Trinajstić information content (AvgIpc) is 2.70. The molecule has 0 radical (unpaired) electrons. The Morgan fingerprint density at radius 2 is 1.68 bits per heavy atom. The van der Waals surface area contributed by atoms with Crippen molar-refractivity contribution in [2.24, 2.45) is 0 Å². The van der Waals surface area contributed by atoms with Gasteiger partial charge in [0.15, 0.2) is 9.84 Å². The highest BCUT2D eigenvalue weighted by molar-refractivity contribution is 7.90.